The van der Waals surface area contributed by atoms with Crippen LogP contribution in [0.15, 0.2) is 18.2 Å². The van der Waals surface area contributed by atoms with Crippen molar-refractivity contribution in [3.05, 3.63) is 29.0 Å². The number of likely N-dealkylation sites (tertiary alicyclic amines) is 1. The summed E-state index contributed by atoms with van der Waals surface area (Å²) in [5, 5.41) is 0.681. The molecule has 0 saturated carbocycles. The van der Waals surface area contributed by atoms with Gasteiger partial charge in [0.05, 0.1) is 17.1 Å². The minimum absolute atomic E-state index is 0.206. The van der Waals surface area contributed by atoms with Gasteiger partial charge in [-0.3, -0.25) is 4.79 Å². The molecule has 1 aliphatic rings. The normalized spacial score (nSPS) is 19.5. The van der Waals surface area contributed by atoms with Crippen molar-refractivity contribution < 1.29 is 4.79 Å². The topological polar surface area (TPSA) is 38.1 Å². The minimum atomic E-state index is 0.206. The van der Waals surface area contributed by atoms with Crippen molar-refractivity contribution in [2.24, 2.45) is 0 Å². The average molecular weight is 326 g/mol. The van der Waals surface area contributed by atoms with Crippen LogP contribution in [0.5, 0.6) is 0 Å². The number of nitrogens with zero attached hydrogens (tertiary/aromatic N) is 3. The highest BCUT2D eigenvalue weighted by Crippen LogP contribution is 2.29. The number of hydrogen-bond donors (Lipinski definition) is 0. The Morgan fingerprint density at radius 3 is 2.95 bits per heavy atom. The molecule has 1 aromatic carbocycles. The van der Waals surface area contributed by atoms with Crippen LogP contribution in [0.25, 0.3) is 11.0 Å². The molecular weight excluding hydrogens is 309 g/mol. The van der Waals surface area contributed by atoms with Crippen LogP contribution in [0.1, 0.15) is 24.7 Å². The average Bonchev–Trinajstić information content (AvgIpc) is 2.79. The summed E-state index contributed by atoms with van der Waals surface area (Å²) >= 11 is 12.0. The van der Waals surface area contributed by atoms with E-state index in [1.54, 1.807) is 4.90 Å². The Kier molecular flexibility index (Phi) is 4.09. The molecule has 1 unspecified atom stereocenters. The lowest BCUT2D eigenvalue weighted by atomic mass is 10.0. The maximum absolute atomic E-state index is 11.7. The highest BCUT2D eigenvalue weighted by atomic mass is 35.5. The molecule has 112 valence electrons. The van der Waals surface area contributed by atoms with Gasteiger partial charge in [-0.15, -0.1) is 11.6 Å². The van der Waals surface area contributed by atoms with Gasteiger partial charge in [0, 0.05) is 37.3 Å². The van der Waals surface area contributed by atoms with E-state index in [0.29, 0.717) is 30.3 Å². The molecule has 2 heterocycles. The third kappa shape index (κ3) is 2.74. The molecule has 1 fully saturated rings. The highest BCUT2D eigenvalue weighted by Gasteiger charge is 2.27. The third-order valence-corrected chi connectivity index (χ3v) is 4.43. The first kappa shape index (κ1) is 14.7. The first-order chi connectivity index (χ1) is 10.1. The fraction of sp³-hybridized carbons (Fsp3) is 0.467. The molecule has 0 bridgehead atoms. The smallest absolute Gasteiger partial charge is 0.222 e. The van der Waals surface area contributed by atoms with Gasteiger partial charge in [0.2, 0.25) is 5.91 Å². The predicted molar refractivity (Wildman–Crippen MR) is 85.1 cm³/mol. The van der Waals surface area contributed by atoms with Gasteiger partial charge in [-0.2, -0.15) is 0 Å². The van der Waals surface area contributed by atoms with E-state index in [1.807, 2.05) is 25.2 Å². The van der Waals surface area contributed by atoms with Gasteiger partial charge in [-0.05, 0) is 24.6 Å². The van der Waals surface area contributed by atoms with Crippen LogP contribution >= 0.6 is 23.2 Å². The van der Waals surface area contributed by atoms with Crippen molar-refractivity contribution in [1.82, 2.24) is 14.5 Å². The van der Waals surface area contributed by atoms with Crippen molar-refractivity contribution >= 4 is 40.1 Å². The van der Waals surface area contributed by atoms with Crippen LogP contribution in [0.2, 0.25) is 5.02 Å². The monoisotopic (exact) mass is 325 g/mol. The molecular formula is C15H17Cl2N3O. The zero-order chi connectivity index (χ0) is 15.0. The number of alkyl halides is 1. The van der Waals surface area contributed by atoms with Crippen LogP contribution in [0.4, 0.5) is 0 Å². The predicted octanol–water partition coefficient (Wildman–Crippen LogP) is 3.26. The largest absolute Gasteiger partial charge is 0.344 e. The molecule has 1 amide bonds. The molecule has 4 nitrogen and oxygen atoms in total. The molecule has 0 radical (unpaired) electrons. The number of hydrogen-bond acceptors (Lipinski definition) is 2. The molecule has 0 spiro atoms. The van der Waals surface area contributed by atoms with Gasteiger partial charge in [0.25, 0.3) is 0 Å². The number of rotatable bonds is 3. The molecule has 1 atom stereocenters. The number of likely N-dealkylation sites (N-methyl/N-ethyl adjacent to an activating group) is 1. The molecule has 0 aliphatic carbocycles. The lowest BCUT2D eigenvalue weighted by Gasteiger charge is -2.31. The zero-order valence-corrected chi connectivity index (χ0v) is 13.4. The lowest BCUT2D eigenvalue weighted by Crippen LogP contribution is -2.38. The van der Waals surface area contributed by atoms with E-state index in [-0.39, 0.29) is 11.9 Å². The standard InChI is InChI=1S/C15H17Cl2N3O/c1-19-9-11(3-5-15(19)21)20-13-4-2-10(17)8-12(13)18-14(20)6-7-16/h2,4,8,11H,3,5-7,9H2,1H3. The third-order valence-electron chi connectivity index (χ3n) is 4.01. The number of carbonyl (C=O) groups is 1. The van der Waals surface area contributed by atoms with Gasteiger partial charge < -0.3 is 9.47 Å². The van der Waals surface area contributed by atoms with Crippen molar-refractivity contribution in [2.75, 3.05) is 19.5 Å². The number of aromatic nitrogens is 2. The van der Waals surface area contributed by atoms with Crippen LogP contribution < -0.4 is 0 Å². The maximum atomic E-state index is 11.7. The second-order valence-corrected chi connectivity index (χ2v) is 6.25. The number of imidazole rings is 1. The number of carbonyl (C=O) groups excluding carboxylic acids is 1. The van der Waals surface area contributed by atoms with Crippen LogP contribution in [-0.4, -0.2) is 39.8 Å². The van der Waals surface area contributed by atoms with Gasteiger partial charge in [0.15, 0.2) is 0 Å². The van der Waals surface area contributed by atoms with Gasteiger partial charge in [0.1, 0.15) is 5.82 Å². The van der Waals surface area contributed by atoms with E-state index in [4.69, 9.17) is 23.2 Å². The van der Waals surface area contributed by atoms with Gasteiger partial charge in [-0.1, -0.05) is 11.6 Å². The van der Waals surface area contributed by atoms with E-state index in [2.05, 4.69) is 9.55 Å². The van der Waals surface area contributed by atoms with Crippen molar-refractivity contribution in [3.8, 4) is 0 Å². The van der Waals surface area contributed by atoms with E-state index in [0.717, 1.165) is 23.3 Å². The van der Waals surface area contributed by atoms with E-state index in [9.17, 15) is 4.79 Å². The van der Waals surface area contributed by atoms with E-state index in [1.165, 1.54) is 0 Å². The molecule has 1 saturated heterocycles. The number of benzene rings is 1. The number of amides is 1. The molecule has 3 rings (SSSR count). The first-order valence-corrected chi connectivity index (χ1v) is 7.97. The fourth-order valence-electron chi connectivity index (χ4n) is 2.99. The van der Waals surface area contributed by atoms with E-state index < -0.39 is 0 Å². The Labute approximate surface area is 133 Å². The summed E-state index contributed by atoms with van der Waals surface area (Å²) in [7, 11) is 1.85. The number of piperidine rings is 1. The summed E-state index contributed by atoms with van der Waals surface area (Å²) in [4.78, 5) is 18.2. The van der Waals surface area contributed by atoms with E-state index >= 15 is 0 Å². The van der Waals surface area contributed by atoms with Crippen molar-refractivity contribution in [3.63, 3.8) is 0 Å². The summed E-state index contributed by atoms with van der Waals surface area (Å²) in [5.41, 5.74) is 1.95. The molecule has 1 aromatic heterocycles. The molecule has 0 N–H and O–H groups in total. The van der Waals surface area contributed by atoms with Gasteiger partial charge >= 0.3 is 0 Å². The second kappa shape index (κ2) is 5.85. The number of aryl methyl sites for hydroxylation is 1. The van der Waals surface area contributed by atoms with Crippen LogP contribution in [-0.2, 0) is 11.2 Å². The second-order valence-electron chi connectivity index (χ2n) is 5.44. The molecule has 21 heavy (non-hydrogen) atoms. The van der Waals surface area contributed by atoms with Crippen LogP contribution in [0.3, 0.4) is 0 Å². The number of fused-ring (bicyclic) bond motifs is 1. The first-order valence-electron chi connectivity index (χ1n) is 7.06. The Hall–Kier alpha value is -1.26. The van der Waals surface area contributed by atoms with Gasteiger partial charge in [-0.25, -0.2) is 4.98 Å². The maximum Gasteiger partial charge on any atom is 0.222 e. The summed E-state index contributed by atoms with van der Waals surface area (Å²) in [5.74, 6) is 1.70. The summed E-state index contributed by atoms with van der Waals surface area (Å²) in [6, 6.07) is 6.00. The molecule has 2 aromatic rings. The fourth-order valence-corrected chi connectivity index (χ4v) is 3.33. The lowest BCUT2D eigenvalue weighted by molar-refractivity contribution is -0.132. The molecule has 1 aliphatic heterocycles. The van der Waals surface area contributed by atoms with Crippen molar-refractivity contribution in [1.29, 1.82) is 0 Å². The Morgan fingerprint density at radius 1 is 1.43 bits per heavy atom. The summed E-state index contributed by atoms with van der Waals surface area (Å²) in [6.45, 7) is 0.711. The van der Waals surface area contributed by atoms with Crippen molar-refractivity contribution in [2.45, 2.75) is 25.3 Å². The zero-order valence-electron chi connectivity index (χ0n) is 11.9. The quantitative estimate of drug-likeness (QED) is 0.812. The number of halogens is 2. The SMILES string of the molecule is CN1CC(n2c(CCCl)nc3cc(Cl)ccc32)CCC1=O. The molecule has 6 heteroatoms. The van der Waals surface area contributed by atoms with Crippen LogP contribution in [0, 0.1) is 0 Å². The Balaban J connectivity index is 2.06. The Morgan fingerprint density at radius 2 is 2.24 bits per heavy atom. The summed E-state index contributed by atoms with van der Waals surface area (Å²) < 4.78 is 2.23. The highest BCUT2D eigenvalue weighted by molar-refractivity contribution is 6.31. The summed E-state index contributed by atoms with van der Waals surface area (Å²) in [6.07, 6.45) is 2.13. The minimum Gasteiger partial charge on any atom is -0.344 e. The Bertz CT molecular complexity index is 683.